The van der Waals surface area contributed by atoms with Crippen LogP contribution in [0, 0.1) is 5.92 Å². The summed E-state index contributed by atoms with van der Waals surface area (Å²) in [5.41, 5.74) is 0. The predicted octanol–water partition coefficient (Wildman–Crippen LogP) is -1.69. The molecule has 2 unspecified atom stereocenters. The van der Waals surface area contributed by atoms with Gasteiger partial charge in [0.05, 0.1) is 25.8 Å². The molecule has 2 N–H and O–H groups in total. The van der Waals surface area contributed by atoms with E-state index in [4.69, 9.17) is 0 Å². The lowest BCUT2D eigenvalue weighted by molar-refractivity contribution is -0.150. The number of carbonyl (C=O) groups is 2. The highest BCUT2D eigenvalue weighted by molar-refractivity contribution is 7.88. The first-order valence-corrected chi connectivity index (χ1v) is 8.09. The van der Waals surface area contributed by atoms with Gasteiger partial charge in [-0.05, 0) is 12.8 Å². The Labute approximate surface area is 118 Å². The highest BCUT2D eigenvalue weighted by Crippen LogP contribution is 2.18. The summed E-state index contributed by atoms with van der Waals surface area (Å²) in [5, 5.41) is 11.8. The standard InChI is InChI=1S/C11H20N2O6S/c1-19-11(16)9(14)6-12-10(15)8-4-3-5-13(7-8)20(2,17)18/h8-9,14H,3-7H2,1-2H3,(H,12,15). The van der Waals surface area contributed by atoms with E-state index in [2.05, 4.69) is 10.1 Å². The Morgan fingerprint density at radius 2 is 2.15 bits per heavy atom. The van der Waals surface area contributed by atoms with Crippen LogP contribution in [0.1, 0.15) is 12.8 Å². The van der Waals surface area contributed by atoms with Crippen LogP contribution in [0.4, 0.5) is 0 Å². The Morgan fingerprint density at radius 3 is 2.70 bits per heavy atom. The number of aliphatic hydroxyl groups is 1. The molecule has 116 valence electrons. The van der Waals surface area contributed by atoms with E-state index in [-0.39, 0.29) is 19.0 Å². The fourth-order valence-corrected chi connectivity index (χ4v) is 2.93. The van der Waals surface area contributed by atoms with E-state index in [1.165, 1.54) is 4.31 Å². The summed E-state index contributed by atoms with van der Waals surface area (Å²) in [6, 6.07) is 0. The first kappa shape index (κ1) is 16.9. The van der Waals surface area contributed by atoms with Crippen LogP contribution in [0.25, 0.3) is 0 Å². The predicted molar refractivity (Wildman–Crippen MR) is 70.2 cm³/mol. The second kappa shape index (κ2) is 7.00. The van der Waals surface area contributed by atoms with E-state index in [0.29, 0.717) is 19.4 Å². The van der Waals surface area contributed by atoms with Gasteiger partial charge in [0, 0.05) is 13.1 Å². The molecule has 0 radical (unpaired) electrons. The van der Waals surface area contributed by atoms with Crippen molar-refractivity contribution in [3.8, 4) is 0 Å². The molecule has 1 aliphatic rings. The third-order valence-corrected chi connectivity index (χ3v) is 4.44. The van der Waals surface area contributed by atoms with Gasteiger partial charge in [-0.25, -0.2) is 17.5 Å². The van der Waals surface area contributed by atoms with Gasteiger partial charge >= 0.3 is 5.97 Å². The van der Waals surface area contributed by atoms with Crippen LogP contribution in [-0.4, -0.2) is 68.8 Å². The number of sulfonamides is 1. The van der Waals surface area contributed by atoms with E-state index in [1.54, 1.807) is 0 Å². The molecule has 1 fully saturated rings. The van der Waals surface area contributed by atoms with Crippen molar-refractivity contribution in [2.24, 2.45) is 5.92 Å². The van der Waals surface area contributed by atoms with Crippen molar-refractivity contribution in [3.05, 3.63) is 0 Å². The maximum absolute atomic E-state index is 11.9. The van der Waals surface area contributed by atoms with E-state index >= 15 is 0 Å². The molecule has 0 saturated carbocycles. The maximum atomic E-state index is 11.9. The zero-order valence-corrected chi connectivity index (χ0v) is 12.4. The molecule has 1 aliphatic heterocycles. The first-order valence-electron chi connectivity index (χ1n) is 6.24. The molecule has 20 heavy (non-hydrogen) atoms. The van der Waals surface area contributed by atoms with Crippen LogP contribution in [0.15, 0.2) is 0 Å². The highest BCUT2D eigenvalue weighted by Gasteiger charge is 2.30. The molecule has 8 nitrogen and oxygen atoms in total. The van der Waals surface area contributed by atoms with E-state index in [1.807, 2.05) is 0 Å². The lowest BCUT2D eigenvalue weighted by atomic mass is 9.99. The minimum absolute atomic E-state index is 0.124. The Bertz CT molecular complexity index is 464. The average Bonchev–Trinajstić information content (AvgIpc) is 2.42. The van der Waals surface area contributed by atoms with Crippen LogP contribution >= 0.6 is 0 Å². The van der Waals surface area contributed by atoms with Crippen molar-refractivity contribution < 1.29 is 27.9 Å². The Morgan fingerprint density at radius 1 is 1.50 bits per heavy atom. The van der Waals surface area contributed by atoms with Gasteiger partial charge in [-0.15, -0.1) is 0 Å². The molecule has 0 aromatic rings. The van der Waals surface area contributed by atoms with Crippen LogP contribution < -0.4 is 5.32 Å². The minimum atomic E-state index is -3.31. The number of hydrogen-bond acceptors (Lipinski definition) is 6. The molecule has 0 bridgehead atoms. The number of aliphatic hydroxyl groups excluding tert-OH is 1. The van der Waals surface area contributed by atoms with Gasteiger partial charge in [0.1, 0.15) is 0 Å². The van der Waals surface area contributed by atoms with Crippen LogP contribution in [0.5, 0.6) is 0 Å². The SMILES string of the molecule is COC(=O)C(O)CNC(=O)C1CCCN(S(C)(=O)=O)C1. The van der Waals surface area contributed by atoms with Crippen LogP contribution in [0.3, 0.4) is 0 Å². The molecule has 1 amide bonds. The molecule has 2 atom stereocenters. The van der Waals surface area contributed by atoms with Crippen molar-refractivity contribution in [2.75, 3.05) is 33.0 Å². The molecule has 9 heteroatoms. The average molecular weight is 308 g/mol. The van der Waals surface area contributed by atoms with Crippen molar-refractivity contribution in [2.45, 2.75) is 18.9 Å². The van der Waals surface area contributed by atoms with Gasteiger partial charge in [0.25, 0.3) is 0 Å². The normalized spacial score (nSPS) is 22.1. The molecular formula is C11H20N2O6S. The highest BCUT2D eigenvalue weighted by atomic mass is 32.2. The minimum Gasteiger partial charge on any atom is -0.467 e. The van der Waals surface area contributed by atoms with Gasteiger partial charge in [-0.1, -0.05) is 0 Å². The lowest BCUT2D eigenvalue weighted by Gasteiger charge is -2.30. The Balaban J connectivity index is 2.49. The zero-order chi connectivity index (χ0) is 15.3. The molecule has 0 aromatic carbocycles. The largest absolute Gasteiger partial charge is 0.467 e. The van der Waals surface area contributed by atoms with Gasteiger partial charge in [-0.2, -0.15) is 0 Å². The molecule has 0 spiro atoms. The van der Waals surface area contributed by atoms with Crippen molar-refractivity contribution in [1.29, 1.82) is 0 Å². The molecule has 1 heterocycles. The number of ether oxygens (including phenoxy) is 1. The molecule has 0 aliphatic carbocycles. The fourth-order valence-electron chi connectivity index (χ4n) is 2.02. The van der Waals surface area contributed by atoms with Crippen molar-refractivity contribution in [1.82, 2.24) is 9.62 Å². The smallest absolute Gasteiger partial charge is 0.336 e. The number of rotatable bonds is 5. The van der Waals surface area contributed by atoms with E-state index in [0.717, 1.165) is 13.4 Å². The van der Waals surface area contributed by atoms with Crippen molar-refractivity contribution in [3.63, 3.8) is 0 Å². The number of methoxy groups -OCH3 is 1. The Kier molecular flexibility index (Phi) is 5.90. The first-order chi connectivity index (χ1) is 9.25. The van der Waals surface area contributed by atoms with E-state index < -0.39 is 28.0 Å². The summed E-state index contributed by atoms with van der Waals surface area (Å²) in [6.45, 7) is 0.285. The number of nitrogens with zero attached hydrogens (tertiary/aromatic N) is 1. The molecule has 0 aromatic heterocycles. The number of nitrogens with one attached hydrogen (secondary N) is 1. The summed E-state index contributed by atoms with van der Waals surface area (Å²) in [5.74, 6) is -1.67. The number of carbonyl (C=O) groups excluding carboxylic acids is 2. The second-order valence-electron chi connectivity index (χ2n) is 4.74. The third kappa shape index (κ3) is 4.73. The quantitative estimate of drug-likeness (QED) is 0.586. The molecular weight excluding hydrogens is 288 g/mol. The lowest BCUT2D eigenvalue weighted by Crippen LogP contribution is -2.47. The number of amides is 1. The van der Waals surface area contributed by atoms with Gasteiger partial charge < -0.3 is 15.2 Å². The third-order valence-electron chi connectivity index (χ3n) is 3.17. The van der Waals surface area contributed by atoms with E-state index in [9.17, 15) is 23.1 Å². The van der Waals surface area contributed by atoms with Gasteiger partial charge in [0.2, 0.25) is 15.9 Å². The van der Waals surface area contributed by atoms with Gasteiger partial charge in [-0.3, -0.25) is 4.79 Å². The summed E-state index contributed by atoms with van der Waals surface area (Å²) in [6.07, 6.45) is 0.865. The summed E-state index contributed by atoms with van der Waals surface area (Å²) >= 11 is 0. The molecule has 1 saturated heterocycles. The number of piperidine rings is 1. The fraction of sp³-hybridized carbons (Fsp3) is 0.818. The van der Waals surface area contributed by atoms with Crippen LogP contribution in [-0.2, 0) is 24.3 Å². The number of hydrogen-bond donors (Lipinski definition) is 2. The summed E-state index contributed by atoms with van der Waals surface area (Å²) in [4.78, 5) is 22.9. The maximum Gasteiger partial charge on any atom is 0.336 e. The van der Waals surface area contributed by atoms with Gasteiger partial charge in [0.15, 0.2) is 6.10 Å². The zero-order valence-electron chi connectivity index (χ0n) is 11.5. The summed E-state index contributed by atoms with van der Waals surface area (Å²) in [7, 11) is -2.17. The second-order valence-corrected chi connectivity index (χ2v) is 6.73. The summed E-state index contributed by atoms with van der Waals surface area (Å²) < 4.78 is 28.5. The Hall–Kier alpha value is -1.19. The number of esters is 1. The topological polar surface area (TPSA) is 113 Å². The molecule has 1 rings (SSSR count). The monoisotopic (exact) mass is 308 g/mol. The van der Waals surface area contributed by atoms with Crippen molar-refractivity contribution >= 4 is 21.9 Å². The van der Waals surface area contributed by atoms with Crippen LogP contribution in [0.2, 0.25) is 0 Å².